The van der Waals surface area contributed by atoms with E-state index in [1.54, 1.807) is 11.0 Å². The van der Waals surface area contributed by atoms with Crippen LogP contribution in [0, 0.1) is 0 Å². The van der Waals surface area contributed by atoms with E-state index in [-0.39, 0.29) is 5.91 Å². The molecule has 0 saturated carbocycles. The Morgan fingerprint density at radius 3 is 2.84 bits per heavy atom. The van der Waals surface area contributed by atoms with Crippen molar-refractivity contribution >= 4 is 23.3 Å². The van der Waals surface area contributed by atoms with Crippen molar-refractivity contribution in [1.82, 2.24) is 15.1 Å². The number of nitrogens with one attached hydrogen (secondary N) is 1. The number of rotatable bonds is 4. The van der Waals surface area contributed by atoms with Gasteiger partial charge in [-0.15, -0.1) is 0 Å². The van der Waals surface area contributed by atoms with Gasteiger partial charge in [-0.2, -0.15) is 5.10 Å². The van der Waals surface area contributed by atoms with Crippen molar-refractivity contribution in [2.45, 2.75) is 13.5 Å². The van der Waals surface area contributed by atoms with Gasteiger partial charge in [0.15, 0.2) is 0 Å². The standard InChI is InChI=1S/C13H15ClN4O/c1-2-18(8-9-4-3-5-10(14)6-9)13(19)11-7-12(15)17-16-11/h3-7H,2,8H2,1H3,(H3,15,16,17). The van der Waals surface area contributed by atoms with Crippen LogP contribution in [0.2, 0.25) is 5.02 Å². The van der Waals surface area contributed by atoms with Gasteiger partial charge < -0.3 is 10.6 Å². The smallest absolute Gasteiger partial charge is 0.272 e. The monoisotopic (exact) mass is 278 g/mol. The highest BCUT2D eigenvalue weighted by Crippen LogP contribution is 2.14. The zero-order valence-corrected chi connectivity index (χ0v) is 11.3. The quantitative estimate of drug-likeness (QED) is 0.901. The Morgan fingerprint density at radius 2 is 2.26 bits per heavy atom. The van der Waals surface area contributed by atoms with Crippen LogP contribution in [0.1, 0.15) is 23.0 Å². The Bertz CT molecular complexity index is 582. The minimum Gasteiger partial charge on any atom is -0.382 e. The second-order valence-corrected chi connectivity index (χ2v) is 4.59. The van der Waals surface area contributed by atoms with Gasteiger partial charge in [0.25, 0.3) is 5.91 Å². The number of anilines is 1. The highest BCUT2D eigenvalue weighted by atomic mass is 35.5. The summed E-state index contributed by atoms with van der Waals surface area (Å²) in [7, 11) is 0. The molecule has 19 heavy (non-hydrogen) atoms. The maximum absolute atomic E-state index is 12.2. The first-order chi connectivity index (χ1) is 9.10. The Hall–Kier alpha value is -2.01. The molecule has 1 heterocycles. The SMILES string of the molecule is CCN(Cc1cccc(Cl)c1)C(=O)c1cc(N)n[nH]1. The van der Waals surface area contributed by atoms with Crippen molar-refractivity contribution in [1.29, 1.82) is 0 Å². The molecule has 5 nitrogen and oxygen atoms in total. The van der Waals surface area contributed by atoms with E-state index >= 15 is 0 Å². The number of aromatic nitrogens is 2. The highest BCUT2D eigenvalue weighted by Gasteiger charge is 2.16. The number of amides is 1. The van der Waals surface area contributed by atoms with Crippen molar-refractivity contribution in [2.75, 3.05) is 12.3 Å². The molecule has 0 bridgehead atoms. The summed E-state index contributed by atoms with van der Waals surface area (Å²) in [6.07, 6.45) is 0. The van der Waals surface area contributed by atoms with Gasteiger partial charge in [0, 0.05) is 24.2 Å². The van der Waals surface area contributed by atoms with Crippen LogP contribution in [0.3, 0.4) is 0 Å². The third kappa shape index (κ3) is 3.26. The van der Waals surface area contributed by atoms with Gasteiger partial charge in [-0.1, -0.05) is 23.7 Å². The molecule has 2 aromatic rings. The fourth-order valence-electron chi connectivity index (χ4n) is 1.80. The third-order valence-electron chi connectivity index (χ3n) is 2.76. The number of halogens is 1. The summed E-state index contributed by atoms with van der Waals surface area (Å²) in [5, 5.41) is 7.04. The Labute approximate surface area is 116 Å². The van der Waals surface area contributed by atoms with E-state index in [0.717, 1.165) is 5.56 Å². The molecule has 1 amide bonds. The van der Waals surface area contributed by atoms with Crippen molar-refractivity contribution in [3.05, 3.63) is 46.6 Å². The van der Waals surface area contributed by atoms with E-state index in [9.17, 15) is 4.79 Å². The number of H-pyrrole nitrogens is 1. The van der Waals surface area contributed by atoms with E-state index in [1.807, 2.05) is 25.1 Å². The zero-order chi connectivity index (χ0) is 13.8. The molecule has 0 fully saturated rings. The number of aromatic amines is 1. The number of benzene rings is 1. The number of hydrogen-bond acceptors (Lipinski definition) is 3. The number of hydrogen-bond donors (Lipinski definition) is 2. The summed E-state index contributed by atoms with van der Waals surface area (Å²) in [4.78, 5) is 13.9. The zero-order valence-electron chi connectivity index (χ0n) is 10.6. The highest BCUT2D eigenvalue weighted by molar-refractivity contribution is 6.30. The van der Waals surface area contributed by atoms with Crippen LogP contribution in [-0.4, -0.2) is 27.5 Å². The normalized spacial score (nSPS) is 10.4. The Balaban J connectivity index is 2.14. The van der Waals surface area contributed by atoms with Gasteiger partial charge in [-0.25, -0.2) is 0 Å². The van der Waals surface area contributed by atoms with E-state index in [4.69, 9.17) is 17.3 Å². The van der Waals surface area contributed by atoms with Gasteiger partial charge in [0.1, 0.15) is 11.5 Å². The first-order valence-electron chi connectivity index (χ1n) is 5.94. The Morgan fingerprint density at radius 1 is 1.47 bits per heavy atom. The molecule has 0 aliphatic carbocycles. The lowest BCUT2D eigenvalue weighted by atomic mass is 10.2. The van der Waals surface area contributed by atoms with Crippen molar-refractivity contribution in [3.63, 3.8) is 0 Å². The molecular formula is C13H15ClN4O. The predicted octanol–water partition coefficient (Wildman–Crippen LogP) is 2.31. The summed E-state index contributed by atoms with van der Waals surface area (Å²) in [5.74, 6) is 0.175. The lowest BCUT2D eigenvalue weighted by Crippen LogP contribution is -2.30. The minimum absolute atomic E-state index is 0.133. The first-order valence-corrected chi connectivity index (χ1v) is 6.32. The molecule has 0 saturated heterocycles. The van der Waals surface area contributed by atoms with Gasteiger partial charge >= 0.3 is 0 Å². The van der Waals surface area contributed by atoms with E-state index < -0.39 is 0 Å². The summed E-state index contributed by atoms with van der Waals surface area (Å²) in [6, 6.07) is 8.98. The lowest BCUT2D eigenvalue weighted by Gasteiger charge is -2.20. The van der Waals surface area contributed by atoms with Crippen LogP contribution in [-0.2, 0) is 6.54 Å². The predicted molar refractivity (Wildman–Crippen MR) is 74.9 cm³/mol. The summed E-state index contributed by atoms with van der Waals surface area (Å²) in [5.41, 5.74) is 6.87. The Kier molecular flexibility index (Phi) is 4.06. The van der Waals surface area contributed by atoms with Crippen molar-refractivity contribution in [2.24, 2.45) is 0 Å². The van der Waals surface area contributed by atoms with Crippen LogP contribution < -0.4 is 5.73 Å². The number of nitrogen functional groups attached to an aromatic ring is 1. The molecule has 2 rings (SSSR count). The lowest BCUT2D eigenvalue weighted by molar-refractivity contribution is 0.0746. The topological polar surface area (TPSA) is 75.0 Å². The van der Waals surface area contributed by atoms with Gasteiger partial charge in [-0.3, -0.25) is 9.89 Å². The number of carbonyl (C=O) groups is 1. The second kappa shape index (κ2) is 5.75. The second-order valence-electron chi connectivity index (χ2n) is 4.16. The summed E-state index contributed by atoms with van der Waals surface area (Å²) in [6.45, 7) is 3.00. The first kappa shape index (κ1) is 13.4. The summed E-state index contributed by atoms with van der Waals surface area (Å²) >= 11 is 5.94. The third-order valence-corrected chi connectivity index (χ3v) is 2.99. The van der Waals surface area contributed by atoms with Crippen LogP contribution in [0.15, 0.2) is 30.3 Å². The van der Waals surface area contributed by atoms with Gasteiger partial charge in [0.05, 0.1) is 0 Å². The van der Waals surface area contributed by atoms with Crippen LogP contribution in [0.25, 0.3) is 0 Å². The molecule has 6 heteroatoms. The largest absolute Gasteiger partial charge is 0.382 e. The van der Waals surface area contributed by atoms with Crippen LogP contribution >= 0.6 is 11.6 Å². The molecule has 0 atom stereocenters. The molecule has 0 spiro atoms. The van der Waals surface area contributed by atoms with Crippen molar-refractivity contribution in [3.8, 4) is 0 Å². The summed E-state index contributed by atoms with van der Waals surface area (Å²) < 4.78 is 0. The van der Waals surface area contributed by atoms with Gasteiger partial charge in [-0.05, 0) is 24.6 Å². The number of nitrogens with two attached hydrogens (primary N) is 1. The van der Waals surface area contributed by atoms with Crippen molar-refractivity contribution < 1.29 is 4.79 Å². The maximum atomic E-state index is 12.2. The van der Waals surface area contributed by atoms with E-state index in [0.29, 0.717) is 29.6 Å². The molecule has 1 aromatic heterocycles. The molecule has 3 N–H and O–H groups in total. The number of nitrogens with zero attached hydrogens (tertiary/aromatic N) is 2. The average Bonchev–Trinajstić information content (AvgIpc) is 2.82. The molecule has 0 unspecified atom stereocenters. The number of carbonyl (C=O) groups excluding carboxylic acids is 1. The van der Waals surface area contributed by atoms with Gasteiger partial charge in [0.2, 0.25) is 0 Å². The average molecular weight is 279 g/mol. The molecule has 1 aromatic carbocycles. The fourth-order valence-corrected chi connectivity index (χ4v) is 2.01. The maximum Gasteiger partial charge on any atom is 0.272 e. The fraction of sp³-hybridized carbons (Fsp3) is 0.231. The molecular weight excluding hydrogens is 264 g/mol. The van der Waals surface area contributed by atoms with Crippen LogP contribution in [0.4, 0.5) is 5.82 Å². The molecule has 0 aliphatic heterocycles. The molecule has 0 radical (unpaired) electrons. The minimum atomic E-state index is -0.133. The van der Waals surface area contributed by atoms with E-state index in [1.165, 1.54) is 6.07 Å². The van der Waals surface area contributed by atoms with E-state index in [2.05, 4.69) is 10.2 Å². The van der Waals surface area contributed by atoms with Crippen LogP contribution in [0.5, 0.6) is 0 Å². The molecule has 100 valence electrons. The molecule has 0 aliphatic rings.